The lowest BCUT2D eigenvalue weighted by molar-refractivity contribution is -0.108. The van der Waals surface area contributed by atoms with Crippen molar-refractivity contribution in [1.82, 2.24) is 10.2 Å². The molecule has 1 spiro atoms. The maximum atomic E-state index is 12.6. The highest BCUT2D eigenvalue weighted by molar-refractivity contribution is 7.85. The Hall–Kier alpha value is -0.620. The normalized spacial score (nSPS) is 34.8. The zero-order chi connectivity index (χ0) is 16.3. The highest BCUT2D eigenvalue weighted by Crippen LogP contribution is 2.38. The second kappa shape index (κ2) is 7.51. The predicted molar refractivity (Wildman–Crippen MR) is 92.0 cm³/mol. The van der Waals surface area contributed by atoms with E-state index in [0.29, 0.717) is 18.8 Å². The molecule has 0 aromatic heterocycles. The van der Waals surface area contributed by atoms with E-state index in [1.807, 2.05) is 11.8 Å². The van der Waals surface area contributed by atoms with Crippen LogP contribution in [0.2, 0.25) is 0 Å². The molecule has 3 atom stereocenters. The summed E-state index contributed by atoms with van der Waals surface area (Å²) in [7, 11) is -0.797. The van der Waals surface area contributed by atoms with Crippen LogP contribution in [0.15, 0.2) is 0 Å². The van der Waals surface area contributed by atoms with Gasteiger partial charge in [-0.05, 0) is 32.1 Å². The number of hydrogen-bond acceptors (Lipinski definition) is 3. The molecule has 1 aliphatic carbocycles. The van der Waals surface area contributed by atoms with Crippen molar-refractivity contribution in [3.8, 4) is 0 Å². The van der Waals surface area contributed by atoms with Gasteiger partial charge in [-0.15, -0.1) is 0 Å². The second-order valence-electron chi connectivity index (χ2n) is 7.40. The smallest absolute Gasteiger partial charge is 0.317 e. The average molecular weight is 343 g/mol. The fourth-order valence-electron chi connectivity index (χ4n) is 4.15. The molecule has 0 radical (unpaired) electrons. The van der Waals surface area contributed by atoms with Crippen LogP contribution < -0.4 is 5.32 Å². The van der Waals surface area contributed by atoms with E-state index in [9.17, 15) is 9.00 Å². The number of nitrogens with zero attached hydrogens (tertiary/aromatic N) is 1. The van der Waals surface area contributed by atoms with E-state index in [1.54, 1.807) is 0 Å². The molecule has 1 saturated carbocycles. The van der Waals surface area contributed by atoms with Crippen molar-refractivity contribution in [2.45, 2.75) is 75.2 Å². The van der Waals surface area contributed by atoms with Crippen molar-refractivity contribution in [2.75, 3.05) is 25.4 Å². The topological polar surface area (TPSA) is 58.6 Å². The molecule has 0 aromatic carbocycles. The van der Waals surface area contributed by atoms with Crippen LogP contribution in [0, 0.1) is 0 Å². The van der Waals surface area contributed by atoms with Crippen molar-refractivity contribution < 1.29 is 13.7 Å². The number of carbonyl (C=O) groups is 1. The van der Waals surface area contributed by atoms with E-state index in [0.717, 1.165) is 38.7 Å². The summed E-state index contributed by atoms with van der Waals surface area (Å²) in [5.41, 5.74) is 0.0171. The van der Waals surface area contributed by atoms with Crippen LogP contribution in [-0.4, -0.2) is 57.5 Å². The van der Waals surface area contributed by atoms with Gasteiger partial charge in [-0.3, -0.25) is 4.21 Å². The van der Waals surface area contributed by atoms with Gasteiger partial charge in [0.15, 0.2) is 0 Å². The molecule has 5 nitrogen and oxygen atoms in total. The quantitative estimate of drug-likeness (QED) is 0.796. The summed E-state index contributed by atoms with van der Waals surface area (Å²) in [4.78, 5) is 14.4. The summed E-state index contributed by atoms with van der Waals surface area (Å²) >= 11 is 0. The van der Waals surface area contributed by atoms with Gasteiger partial charge in [-0.25, -0.2) is 4.79 Å². The highest BCUT2D eigenvalue weighted by Gasteiger charge is 2.39. The third-order valence-corrected chi connectivity index (χ3v) is 7.41. The number of rotatable bonds is 1. The summed E-state index contributed by atoms with van der Waals surface area (Å²) in [6, 6.07) is 0.245. The first-order chi connectivity index (χ1) is 11.1. The molecule has 0 aromatic rings. The van der Waals surface area contributed by atoms with Crippen LogP contribution in [0.1, 0.15) is 58.3 Å². The van der Waals surface area contributed by atoms with Crippen LogP contribution in [0.5, 0.6) is 0 Å². The van der Waals surface area contributed by atoms with Crippen LogP contribution in [0.3, 0.4) is 0 Å². The van der Waals surface area contributed by atoms with Crippen molar-refractivity contribution in [2.24, 2.45) is 0 Å². The van der Waals surface area contributed by atoms with Gasteiger partial charge < -0.3 is 15.0 Å². The van der Waals surface area contributed by atoms with Crippen LogP contribution >= 0.6 is 0 Å². The van der Waals surface area contributed by atoms with Crippen molar-refractivity contribution in [3.05, 3.63) is 0 Å². The molecular weight excluding hydrogens is 312 g/mol. The first-order valence-corrected chi connectivity index (χ1v) is 10.5. The Bertz CT molecular complexity index is 446. The minimum absolute atomic E-state index is 0.0171. The van der Waals surface area contributed by atoms with Crippen LogP contribution in [0.25, 0.3) is 0 Å². The first-order valence-electron chi connectivity index (χ1n) is 9.15. The van der Waals surface area contributed by atoms with E-state index in [4.69, 9.17) is 4.74 Å². The first kappa shape index (κ1) is 17.2. The minimum Gasteiger partial charge on any atom is -0.375 e. The Morgan fingerprint density at radius 1 is 1.22 bits per heavy atom. The third-order valence-electron chi connectivity index (χ3n) is 5.69. The molecule has 2 amide bonds. The Morgan fingerprint density at radius 2 is 2.00 bits per heavy atom. The molecule has 0 unspecified atom stereocenters. The maximum absolute atomic E-state index is 12.6. The predicted octanol–water partition coefficient (Wildman–Crippen LogP) is 2.42. The van der Waals surface area contributed by atoms with Crippen LogP contribution in [-0.2, 0) is 15.5 Å². The van der Waals surface area contributed by atoms with E-state index >= 15 is 0 Å². The standard InChI is InChI=1S/C17H30N2O3S/c1-14-5-9-19(10-12-23(14)21)16(20)18-15-6-11-22-17(13-15)7-3-2-4-8-17/h14-15H,2-13H2,1H3,(H,18,20)/t14-,15+,23-/m1/s1. The zero-order valence-electron chi connectivity index (χ0n) is 14.2. The molecule has 2 aliphatic heterocycles. The molecule has 132 valence electrons. The minimum atomic E-state index is -0.797. The number of urea groups is 1. The Morgan fingerprint density at radius 3 is 2.78 bits per heavy atom. The lowest BCUT2D eigenvalue weighted by Crippen LogP contribution is -2.52. The van der Waals surface area contributed by atoms with Gasteiger partial charge in [0.05, 0.1) is 5.60 Å². The molecular formula is C17H30N2O3S. The average Bonchev–Trinajstić information content (AvgIpc) is 2.71. The Labute approximate surface area is 142 Å². The van der Waals surface area contributed by atoms with Gasteiger partial charge in [-0.1, -0.05) is 26.2 Å². The van der Waals surface area contributed by atoms with Gasteiger partial charge >= 0.3 is 6.03 Å². The fourth-order valence-corrected chi connectivity index (χ4v) is 5.32. The number of carbonyl (C=O) groups excluding carboxylic acids is 1. The number of nitrogens with one attached hydrogen (secondary N) is 1. The number of ether oxygens (including phenoxy) is 1. The van der Waals surface area contributed by atoms with Crippen molar-refractivity contribution in [3.63, 3.8) is 0 Å². The van der Waals surface area contributed by atoms with Gasteiger partial charge in [0, 0.05) is 47.5 Å². The zero-order valence-corrected chi connectivity index (χ0v) is 15.0. The summed E-state index contributed by atoms with van der Waals surface area (Å²) in [5, 5.41) is 3.42. The molecule has 2 heterocycles. The lowest BCUT2D eigenvalue weighted by Gasteiger charge is -2.44. The molecule has 6 heteroatoms. The third kappa shape index (κ3) is 4.27. The summed E-state index contributed by atoms with van der Waals surface area (Å²) in [6.07, 6.45) is 8.77. The van der Waals surface area contributed by atoms with E-state index in [1.165, 1.54) is 19.3 Å². The number of amides is 2. The SMILES string of the molecule is C[C@@H]1CCN(C(=O)N[C@H]2CCOC3(CCCCC3)C2)CC[S@]1=O. The molecule has 1 N–H and O–H groups in total. The lowest BCUT2D eigenvalue weighted by atomic mass is 9.78. The van der Waals surface area contributed by atoms with E-state index < -0.39 is 10.8 Å². The monoisotopic (exact) mass is 342 g/mol. The molecule has 0 bridgehead atoms. The van der Waals surface area contributed by atoms with Gasteiger partial charge in [0.2, 0.25) is 0 Å². The molecule has 23 heavy (non-hydrogen) atoms. The molecule has 2 saturated heterocycles. The summed E-state index contributed by atoms with van der Waals surface area (Å²) in [6.45, 7) is 4.10. The van der Waals surface area contributed by atoms with Gasteiger partial charge in [0.25, 0.3) is 0 Å². The molecule has 3 aliphatic rings. The molecule has 3 rings (SSSR count). The van der Waals surface area contributed by atoms with E-state index in [-0.39, 0.29) is 22.9 Å². The molecule has 3 fully saturated rings. The highest BCUT2D eigenvalue weighted by atomic mass is 32.2. The largest absolute Gasteiger partial charge is 0.375 e. The maximum Gasteiger partial charge on any atom is 0.317 e. The number of hydrogen-bond donors (Lipinski definition) is 1. The van der Waals surface area contributed by atoms with Crippen LogP contribution in [0.4, 0.5) is 4.79 Å². The summed E-state index contributed by atoms with van der Waals surface area (Å²) in [5.74, 6) is 0.603. The fraction of sp³-hybridized carbons (Fsp3) is 0.941. The van der Waals surface area contributed by atoms with Crippen molar-refractivity contribution in [1.29, 1.82) is 0 Å². The Balaban J connectivity index is 1.53. The second-order valence-corrected chi connectivity index (χ2v) is 9.38. The van der Waals surface area contributed by atoms with Gasteiger partial charge in [-0.2, -0.15) is 0 Å². The van der Waals surface area contributed by atoms with E-state index in [2.05, 4.69) is 5.32 Å². The van der Waals surface area contributed by atoms with Crippen molar-refractivity contribution >= 4 is 16.8 Å². The Kier molecular flexibility index (Phi) is 5.62. The summed E-state index contributed by atoms with van der Waals surface area (Å²) < 4.78 is 18.0. The van der Waals surface area contributed by atoms with Gasteiger partial charge in [0.1, 0.15) is 0 Å².